The first kappa shape index (κ1) is 13.4. The number of aryl methyl sites for hydroxylation is 3. The number of benzene rings is 1. The number of hydrogen-bond donors (Lipinski definition) is 1. The van der Waals surface area contributed by atoms with Crippen molar-refractivity contribution in [1.29, 1.82) is 0 Å². The highest BCUT2D eigenvalue weighted by atomic mass is 16.3. The van der Waals surface area contributed by atoms with Crippen molar-refractivity contribution in [2.75, 3.05) is 24.6 Å². The van der Waals surface area contributed by atoms with Crippen molar-refractivity contribution in [1.82, 2.24) is 0 Å². The number of rotatable bonds is 3. The Bertz CT molecular complexity index is 383. The van der Waals surface area contributed by atoms with E-state index in [1.54, 1.807) is 0 Å². The van der Waals surface area contributed by atoms with Gasteiger partial charge in [-0.05, 0) is 57.1 Å². The zero-order valence-electron chi connectivity index (χ0n) is 11.9. The second-order valence-corrected chi connectivity index (χ2v) is 5.69. The van der Waals surface area contributed by atoms with Gasteiger partial charge in [0.05, 0.1) is 0 Å². The molecule has 1 aliphatic heterocycles. The Kier molecular flexibility index (Phi) is 4.28. The number of aliphatic hydroxyl groups is 1. The third-order valence-electron chi connectivity index (χ3n) is 4.10. The van der Waals surface area contributed by atoms with E-state index in [4.69, 9.17) is 5.11 Å². The van der Waals surface area contributed by atoms with Gasteiger partial charge in [-0.1, -0.05) is 17.7 Å². The largest absolute Gasteiger partial charge is 0.396 e. The van der Waals surface area contributed by atoms with Crippen LogP contribution in [-0.2, 0) is 0 Å². The highest BCUT2D eigenvalue weighted by Gasteiger charge is 2.21. The minimum absolute atomic E-state index is 0.341. The van der Waals surface area contributed by atoms with Crippen molar-refractivity contribution in [3.63, 3.8) is 0 Å². The zero-order chi connectivity index (χ0) is 13.1. The first-order valence-corrected chi connectivity index (χ1v) is 7.05. The third kappa shape index (κ3) is 2.86. The fraction of sp³-hybridized carbons (Fsp3) is 0.625. The first-order chi connectivity index (χ1) is 8.61. The second-order valence-electron chi connectivity index (χ2n) is 5.69. The third-order valence-corrected chi connectivity index (χ3v) is 4.10. The molecule has 1 N–H and O–H groups in total. The summed E-state index contributed by atoms with van der Waals surface area (Å²) < 4.78 is 0. The van der Waals surface area contributed by atoms with E-state index in [1.807, 2.05) is 0 Å². The lowest BCUT2D eigenvalue weighted by molar-refractivity contribution is 0.240. The molecular weight excluding hydrogens is 222 g/mol. The molecule has 2 nitrogen and oxygen atoms in total. The topological polar surface area (TPSA) is 23.5 Å². The number of aliphatic hydroxyl groups excluding tert-OH is 1. The molecule has 0 aliphatic carbocycles. The summed E-state index contributed by atoms with van der Waals surface area (Å²) in [7, 11) is 0. The SMILES string of the molecule is Cc1cc(C)c(N2CCC(CCO)CC2)c(C)c1. The molecule has 0 atom stereocenters. The van der Waals surface area contributed by atoms with Gasteiger partial charge in [0.15, 0.2) is 0 Å². The minimum atomic E-state index is 0.341. The Balaban J connectivity index is 2.10. The molecule has 18 heavy (non-hydrogen) atoms. The van der Waals surface area contributed by atoms with Crippen molar-refractivity contribution < 1.29 is 5.11 Å². The van der Waals surface area contributed by atoms with E-state index in [9.17, 15) is 0 Å². The van der Waals surface area contributed by atoms with Crippen molar-refractivity contribution in [2.45, 2.75) is 40.0 Å². The van der Waals surface area contributed by atoms with Gasteiger partial charge in [-0.15, -0.1) is 0 Å². The highest BCUT2D eigenvalue weighted by Crippen LogP contribution is 2.30. The van der Waals surface area contributed by atoms with Gasteiger partial charge >= 0.3 is 0 Å². The molecule has 0 saturated carbocycles. The fourth-order valence-corrected chi connectivity index (χ4v) is 3.30. The van der Waals surface area contributed by atoms with Crippen LogP contribution >= 0.6 is 0 Å². The molecule has 1 saturated heterocycles. The van der Waals surface area contributed by atoms with Gasteiger partial charge in [0.25, 0.3) is 0 Å². The lowest BCUT2D eigenvalue weighted by Gasteiger charge is -2.35. The van der Waals surface area contributed by atoms with Crippen molar-refractivity contribution in [2.24, 2.45) is 5.92 Å². The number of hydrogen-bond acceptors (Lipinski definition) is 2. The summed E-state index contributed by atoms with van der Waals surface area (Å²) in [6.07, 6.45) is 3.40. The van der Waals surface area contributed by atoms with Crippen molar-refractivity contribution in [3.8, 4) is 0 Å². The molecular formula is C16H25NO. The zero-order valence-corrected chi connectivity index (χ0v) is 11.9. The first-order valence-electron chi connectivity index (χ1n) is 7.05. The number of piperidine rings is 1. The number of nitrogens with zero attached hydrogens (tertiary/aromatic N) is 1. The summed E-state index contributed by atoms with van der Waals surface area (Å²) >= 11 is 0. The van der Waals surface area contributed by atoms with Gasteiger partial charge < -0.3 is 10.0 Å². The normalized spacial score (nSPS) is 17.2. The van der Waals surface area contributed by atoms with E-state index in [2.05, 4.69) is 37.8 Å². The Morgan fingerprint density at radius 1 is 1.11 bits per heavy atom. The molecule has 100 valence electrons. The summed E-state index contributed by atoms with van der Waals surface area (Å²) in [4.78, 5) is 2.53. The van der Waals surface area contributed by atoms with E-state index in [0.29, 0.717) is 6.61 Å². The smallest absolute Gasteiger partial charge is 0.0433 e. The van der Waals surface area contributed by atoms with E-state index in [1.165, 1.54) is 35.2 Å². The standard InChI is InChI=1S/C16H25NO/c1-12-10-13(2)16(14(3)11-12)17-7-4-15(5-8-17)6-9-18/h10-11,15,18H,4-9H2,1-3H3. The Hall–Kier alpha value is -1.02. The Morgan fingerprint density at radius 3 is 2.17 bits per heavy atom. The van der Waals surface area contributed by atoms with Crippen LogP contribution in [-0.4, -0.2) is 24.8 Å². The molecule has 1 heterocycles. The van der Waals surface area contributed by atoms with Gasteiger partial charge in [0.2, 0.25) is 0 Å². The van der Waals surface area contributed by atoms with Gasteiger partial charge in [-0.25, -0.2) is 0 Å². The maximum Gasteiger partial charge on any atom is 0.0433 e. The molecule has 0 radical (unpaired) electrons. The quantitative estimate of drug-likeness (QED) is 0.886. The van der Waals surface area contributed by atoms with E-state index >= 15 is 0 Å². The number of anilines is 1. The predicted molar refractivity (Wildman–Crippen MR) is 77.3 cm³/mol. The summed E-state index contributed by atoms with van der Waals surface area (Å²) in [6.45, 7) is 9.21. The molecule has 1 fully saturated rings. The highest BCUT2D eigenvalue weighted by molar-refractivity contribution is 5.60. The molecule has 1 aromatic carbocycles. The molecule has 0 spiro atoms. The summed E-state index contributed by atoms with van der Waals surface area (Å²) in [5.41, 5.74) is 5.58. The van der Waals surface area contributed by atoms with Crippen LogP contribution in [0.3, 0.4) is 0 Å². The maximum atomic E-state index is 9.01. The van der Waals surface area contributed by atoms with Gasteiger partial charge in [0, 0.05) is 25.4 Å². The van der Waals surface area contributed by atoms with Crippen LogP contribution in [0, 0.1) is 26.7 Å². The van der Waals surface area contributed by atoms with E-state index in [-0.39, 0.29) is 0 Å². The van der Waals surface area contributed by atoms with Crippen LogP contribution in [0.4, 0.5) is 5.69 Å². The molecule has 0 aromatic heterocycles. The van der Waals surface area contributed by atoms with Crippen LogP contribution in [0.2, 0.25) is 0 Å². The molecule has 2 rings (SSSR count). The second kappa shape index (κ2) is 5.75. The molecule has 2 heteroatoms. The Morgan fingerprint density at radius 2 is 1.67 bits per heavy atom. The van der Waals surface area contributed by atoms with Gasteiger partial charge in [-0.3, -0.25) is 0 Å². The van der Waals surface area contributed by atoms with E-state index in [0.717, 1.165) is 25.4 Å². The Labute approximate surface area is 111 Å². The summed E-state index contributed by atoms with van der Waals surface area (Å²) in [5, 5.41) is 9.01. The van der Waals surface area contributed by atoms with Gasteiger partial charge in [-0.2, -0.15) is 0 Å². The van der Waals surface area contributed by atoms with E-state index < -0.39 is 0 Å². The van der Waals surface area contributed by atoms with Crippen LogP contribution in [0.15, 0.2) is 12.1 Å². The lowest BCUT2D eigenvalue weighted by atomic mass is 9.92. The fourth-order valence-electron chi connectivity index (χ4n) is 3.30. The van der Waals surface area contributed by atoms with Crippen LogP contribution in [0.5, 0.6) is 0 Å². The average molecular weight is 247 g/mol. The summed E-state index contributed by atoms with van der Waals surface area (Å²) in [5.74, 6) is 0.720. The molecule has 0 unspecified atom stereocenters. The van der Waals surface area contributed by atoms with Crippen molar-refractivity contribution >= 4 is 5.69 Å². The van der Waals surface area contributed by atoms with Crippen LogP contribution in [0.25, 0.3) is 0 Å². The monoisotopic (exact) mass is 247 g/mol. The average Bonchev–Trinajstić information content (AvgIpc) is 2.30. The lowest BCUT2D eigenvalue weighted by Crippen LogP contribution is -2.34. The van der Waals surface area contributed by atoms with Crippen LogP contribution < -0.4 is 4.90 Å². The minimum Gasteiger partial charge on any atom is -0.396 e. The predicted octanol–water partition coefficient (Wildman–Crippen LogP) is 3.21. The summed E-state index contributed by atoms with van der Waals surface area (Å²) in [6, 6.07) is 4.56. The molecule has 1 aromatic rings. The maximum absolute atomic E-state index is 9.01. The van der Waals surface area contributed by atoms with Crippen molar-refractivity contribution in [3.05, 3.63) is 28.8 Å². The molecule has 0 amide bonds. The van der Waals surface area contributed by atoms with Gasteiger partial charge in [0.1, 0.15) is 0 Å². The van der Waals surface area contributed by atoms with Crippen LogP contribution in [0.1, 0.15) is 36.0 Å². The molecule has 0 bridgehead atoms. The molecule has 1 aliphatic rings.